The fourth-order valence-corrected chi connectivity index (χ4v) is 7.50. The van der Waals surface area contributed by atoms with Gasteiger partial charge in [0.15, 0.2) is 0 Å². The number of hydrogen-bond acceptors (Lipinski definition) is 9. The number of sulfonamides is 1. The number of piperazine rings is 1. The number of carbonyl (C=O) groups excluding carboxylic acids is 1. The predicted molar refractivity (Wildman–Crippen MR) is 168 cm³/mol. The lowest BCUT2D eigenvalue weighted by atomic mass is 9.94. The number of sulfone groups is 1. The van der Waals surface area contributed by atoms with Crippen molar-refractivity contribution in [1.29, 1.82) is 0 Å². The Hall–Kier alpha value is -4.13. The van der Waals surface area contributed by atoms with E-state index in [-0.39, 0.29) is 11.6 Å². The van der Waals surface area contributed by atoms with E-state index in [0.29, 0.717) is 58.4 Å². The fourth-order valence-electron chi connectivity index (χ4n) is 5.52. The summed E-state index contributed by atoms with van der Waals surface area (Å²) in [5, 5.41) is 0. The number of ether oxygens (including phenoxy) is 1. The zero-order valence-electron chi connectivity index (χ0n) is 25.5. The molecule has 3 N–H and O–H groups in total. The molecule has 2 aliphatic heterocycles. The van der Waals surface area contributed by atoms with E-state index in [2.05, 4.69) is 9.80 Å². The van der Waals surface area contributed by atoms with Crippen molar-refractivity contribution in [3.63, 3.8) is 0 Å². The number of carbonyl (C=O) groups is 1. The van der Waals surface area contributed by atoms with Crippen LogP contribution in [0, 0.1) is 0 Å². The average molecular weight is 733 g/mol. The first-order valence-electron chi connectivity index (χ1n) is 14.7. The van der Waals surface area contributed by atoms with Gasteiger partial charge in [0.1, 0.15) is 4.90 Å². The molecule has 49 heavy (non-hydrogen) atoms. The molecule has 0 aliphatic carbocycles. The summed E-state index contributed by atoms with van der Waals surface area (Å²) >= 11 is 0. The van der Waals surface area contributed by atoms with Crippen LogP contribution < -0.4 is 15.4 Å². The molecule has 5 rings (SSSR count). The summed E-state index contributed by atoms with van der Waals surface area (Å²) in [5.41, 5.74) is 1.48. The Morgan fingerprint density at radius 1 is 0.857 bits per heavy atom. The molecule has 18 heteroatoms. The van der Waals surface area contributed by atoms with Crippen LogP contribution in [-0.2, 0) is 30.8 Å². The van der Waals surface area contributed by atoms with Crippen LogP contribution in [0.5, 0.6) is 0 Å². The van der Waals surface area contributed by atoms with Crippen LogP contribution in [0.3, 0.4) is 0 Å². The molecule has 0 radical (unpaired) electrons. The molecular formula is C31H30F6N4O6S2. The van der Waals surface area contributed by atoms with Crippen molar-refractivity contribution in [1.82, 2.24) is 9.62 Å². The van der Waals surface area contributed by atoms with E-state index in [0.717, 1.165) is 40.6 Å². The third kappa shape index (κ3) is 8.03. The van der Waals surface area contributed by atoms with Crippen molar-refractivity contribution >= 4 is 42.7 Å². The van der Waals surface area contributed by atoms with Gasteiger partial charge in [0, 0.05) is 44.0 Å². The summed E-state index contributed by atoms with van der Waals surface area (Å²) in [6.07, 6.45) is -3.83. The lowest BCUT2D eigenvalue weighted by Gasteiger charge is -2.37. The fraction of sp³-hybridized carbons (Fsp3) is 0.323. The van der Waals surface area contributed by atoms with Gasteiger partial charge in [0.25, 0.3) is 25.8 Å². The molecular weight excluding hydrogens is 702 g/mol. The molecule has 2 heterocycles. The number of nitrogens with zero attached hydrogens (tertiary/aromatic N) is 2. The molecule has 1 saturated heterocycles. The smallest absolute Gasteiger partial charge is 0.398 e. The standard InChI is InChI=1S/C31H30F6N4O6S2/c32-30(33,34)23-5-1-20(2-6-23)26-11-16-47-19-22(26)18-40-12-14-41(15-13-40)24-7-3-21(4-8-24)29(42)39-49(45,46)25-9-10-27(38)28(17-25)48(43,44)31(35,36)37/h1-10,17H,11-16,18-19,38H2,(H,39,42). The molecule has 3 aromatic rings. The van der Waals surface area contributed by atoms with E-state index >= 15 is 0 Å². The number of anilines is 2. The first kappa shape index (κ1) is 36.2. The molecule has 0 spiro atoms. The highest BCUT2D eigenvalue weighted by Crippen LogP contribution is 2.35. The van der Waals surface area contributed by atoms with Gasteiger partial charge < -0.3 is 15.4 Å². The number of nitrogens with two attached hydrogens (primary N) is 1. The summed E-state index contributed by atoms with van der Waals surface area (Å²) in [5.74, 6) is -1.10. The van der Waals surface area contributed by atoms with Gasteiger partial charge in [-0.1, -0.05) is 12.1 Å². The predicted octanol–water partition coefficient (Wildman–Crippen LogP) is 4.70. The molecule has 1 fully saturated rings. The monoisotopic (exact) mass is 732 g/mol. The molecule has 0 unspecified atom stereocenters. The average Bonchev–Trinajstić information content (AvgIpc) is 3.04. The zero-order valence-corrected chi connectivity index (χ0v) is 27.1. The molecule has 2 aliphatic rings. The Morgan fingerprint density at radius 2 is 1.49 bits per heavy atom. The van der Waals surface area contributed by atoms with Gasteiger partial charge >= 0.3 is 11.7 Å². The largest absolute Gasteiger partial charge is 0.501 e. The number of benzene rings is 3. The number of rotatable bonds is 8. The van der Waals surface area contributed by atoms with Crippen LogP contribution in [0.15, 0.2) is 82.1 Å². The highest BCUT2D eigenvalue weighted by molar-refractivity contribution is 7.92. The number of alkyl halides is 6. The summed E-state index contributed by atoms with van der Waals surface area (Å²) < 4.78 is 135. The van der Waals surface area contributed by atoms with Crippen molar-refractivity contribution in [3.8, 4) is 0 Å². The second-order valence-electron chi connectivity index (χ2n) is 11.4. The first-order chi connectivity index (χ1) is 22.9. The number of amides is 1. The van der Waals surface area contributed by atoms with Gasteiger partial charge in [-0.05, 0) is 77.7 Å². The van der Waals surface area contributed by atoms with E-state index in [1.807, 2.05) is 0 Å². The lowest BCUT2D eigenvalue weighted by Crippen LogP contribution is -2.47. The SMILES string of the molecule is Nc1ccc(S(=O)(=O)NC(=O)c2ccc(N3CCN(CC4=C(c5ccc(C(F)(F)F)cc5)CCOC4)CC3)cc2)cc1S(=O)(=O)C(F)(F)F. The number of halogens is 6. The van der Waals surface area contributed by atoms with Gasteiger partial charge in [-0.25, -0.2) is 21.6 Å². The van der Waals surface area contributed by atoms with Crippen LogP contribution in [0.4, 0.5) is 37.7 Å². The van der Waals surface area contributed by atoms with E-state index in [1.54, 1.807) is 16.9 Å². The van der Waals surface area contributed by atoms with E-state index in [4.69, 9.17) is 10.5 Å². The second kappa shape index (κ2) is 13.6. The number of nitrogen functional groups attached to an aromatic ring is 1. The van der Waals surface area contributed by atoms with Crippen molar-refractivity contribution < 1.29 is 52.7 Å². The van der Waals surface area contributed by atoms with Crippen molar-refractivity contribution in [3.05, 3.63) is 89.0 Å². The van der Waals surface area contributed by atoms with E-state index in [9.17, 15) is 48.0 Å². The summed E-state index contributed by atoms with van der Waals surface area (Å²) in [6.45, 7) is 3.93. The maximum absolute atomic E-state index is 13.0. The quantitative estimate of drug-likeness (QED) is 0.250. The van der Waals surface area contributed by atoms with Gasteiger partial charge in [0.05, 0.1) is 29.4 Å². The first-order valence-corrected chi connectivity index (χ1v) is 17.6. The minimum Gasteiger partial charge on any atom is -0.398 e. The number of hydrogen-bond donors (Lipinski definition) is 2. The molecule has 1 amide bonds. The summed E-state index contributed by atoms with van der Waals surface area (Å²) in [4.78, 5) is 14.6. The Balaban J connectivity index is 1.20. The lowest BCUT2D eigenvalue weighted by molar-refractivity contribution is -0.137. The Morgan fingerprint density at radius 3 is 2.08 bits per heavy atom. The maximum Gasteiger partial charge on any atom is 0.501 e. The Labute approximate surface area is 278 Å². The molecule has 0 aromatic heterocycles. The summed E-state index contributed by atoms with van der Waals surface area (Å²) in [7, 11) is -10.8. The third-order valence-corrected chi connectivity index (χ3v) is 11.0. The summed E-state index contributed by atoms with van der Waals surface area (Å²) in [6, 6.07) is 12.8. The van der Waals surface area contributed by atoms with E-state index < -0.39 is 58.5 Å². The minimum atomic E-state index is -5.97. The van der Waals surface area contributed by atoms with Gasteiger partial charge in [0.2, 0.25) is 0 Å². The zero-order chi connectivity index (χ0) is 35.8. The maximum atomic E-state index is 13.0. The molecule has 10 nitrogen and oxygen atoms in total. The highest BCUT2D eigenvalue weighted by atomic mass is 32.2. The van der Waals surface area contributed by atoms with Crippen LogP contribution in [0.1, 0.15) is 27.9 Å². The normalized spacial score (nSPS) is 16.9. The molecule has 0 bridgehead atoms. The Kier molecular flexibility index (Phi) is 10.1. The second-order valence-corrected chi connectivity index (χ2v) is 14.9. The highest BCUT2D eigenvalue weighted by Gasteiger charge is 2.48. The van der Waals surface area contributed by atoms with Crippen LogP contribution in [-0.4, -0.2) is 79.1 Å². The molecule has 0 saturated carbocycles. The van der Waals surface area contributed by atoms with Gasteiger partial charge in [-0.3, -0.25) is 9.69 Å². The van der Waals surface area contributed by atoms with Crippen LogP contribution in [0.25, 0.3) is 5.57 Å². The van der Waals surface area contributed by atoms with Gasteiger partial charge in [-0.15, -0.1) is 0 Å². The van der Waals surface area contributed by atoms with Crippen molar-refractivity contribution in [2.75, 3.05) is 56.6 Å². The third-order valence-electron chi connectivity index (χ3n) is 8.16. The van der Waals surface area contributed by atoms with Crippen molar-refractivity contribution in [2.45, 2.75) is 27.9 Å². The molecule has 0 atom stereocenters. The number of nitrogens with one attached hydrogen (secondary N) is 1. The van der Waals surface area contributed by atoms with Crippen LogP contribution >= 0.6 is 0 Å². The Bertz CT molecular complexity index is 1960. The van der Waals surface area contributed by atoms with E-state index in [1.165, 1.54) is 24.3 Å². The van der Waals surface area contributed by atoms with Crippen LogP contribution in [0.2, 0.25) is 0 Å². The molecule has 264 valence electrons. The molecule has 3 aromatic carbocycles. The van der Waals surface area contributed by atoms with Gasteiger partial charge in [-0.2, -0.15) is 26.3 Å². The topological polar surface area (TPSA) is 139 Å². The minimum absolute atomic E-state index is 0.0791. The van der Waals surface area contributed by atoms with Crippen molar-refractivity contribution in [2.24, 2.45) is 0 Å².